The van der Waals surface area contributed by atoms with Gasteiger partial charge in [-0.15, -0.1) is 24.8 Å². The molecule has 7 nitrogen and oxygen atoms in total. The summed E-state index contributed by atoms with van der Waals surface area (Å²) in [6.45, 7) is 3.76. The molecule has 0 fully saturated rings. The molecule has 3 N–H and O–H groups in total. The van der Waals surface area contributed by atoms with Gasteiger partial charge in [-0.25, -0.2) is 0 Å². The summed E-state index contributed by atoms with van der Waals surface area (Å²) in [5.41, 5.74) is 7.99. The summed E-state index contributed by atoms with van der Waals surface area (Å²) in [6.07, 6.45) is 3.10. The summed E-state index contributed by atoms with van der Waals surface area (Å²) in [7, 11) is 0. The molecule has 24 heavy (non-hydrogen) atoms. The Morgan fingerprint density at radius 3 is 2.42 bits per heavy atom. The van der Waals surface area contributed by atoms with E-state index in [1.54, 1.807) is 24.4 Å². The second-order valence-corrected chi connectivity index (χ2v) is 5.70. The molecule has 0 aliphatic carbocycles. The Labute approximate surface area is 150 Å². The number of hydrogen-bond acceptors (Lipinski definition) is 5. The minimum Gasteiger partial charge on any atom is -0.322 e. The summed E-state index contributed by atoms with van der Waals surface area (Å²) in [6, 6.07) is 7.02. The standard InChI is InChI=1S/C15H15N5O2.2ClH/c1-15(2,16)9-3-5-12(17-7-9)10-4-6-13-11(8-18-19-13)14(10)20(21)22;;/h3-8H,16H2,1-2H3,(H,18,19);2*1H. The van der Waals surface area contributed by atoms with E-state index < -0.39 is 10.5 Å². The average Bonchev–Trinajstić information content (AvgIpc) is 2.93. The summed E-state index contributed by atoms with van der Waals surface area (Å²) in [5.74, 6) is 0. The van der Waals surface area contributed by atoms with Crippen LogP contribution >= 0.6 is 24.8 Å². The Morgan fingerprint density at radius 1 is 1.17 bits per heavy atom. The van der Waals surface area contributed by atoms with E-state index in [0.29, 0.717) is 22.2 Å². The van der Waals surface area contributed by atoms with Crippen LogP contribution in [0.3, 0.4) is 0 Å². The van der Waals surface area contributed by atoms with E-state index in [0.717, 1.165) is 5.56 Å². The highest BCUT2D eigenvalue weighted by molar-refractivity contribution is 5.95. The van der Waals surface area contributed by atoms with E-state index >= 15 is 0 Å². The number of nitrogens with one attached hydrogen (secondary N) is 1. The van der Waals surface area contributed by atoms with Gasteiger partial charge in [0.05, 0.1) is 33.3 Å². The third-order valence-corrected chi connectivity index (χ3v) is 3.56. The van der Waals surface area contributed by atoms with Crippen LogP contribution in [0.15, 0.2) is 36.7 Å². The van der Waals surface area contributed by atoms with Gasteiger partial charge in [0, 0.05) is 11.7 Å². The van der Waals surface area contributed by atoms with Crippen molar-refractivity contribution in [1.82, 2.24) is 15.2 Å². The lowest BCUT2D eigenvalue weighted by Crippen LogP contribution is -2.28. The summed E-state index contributed by atoms with van der Waals surface area (Å²) in [4.78, 5) is 15.4. The first-order valence-electron chi connectivity index (χ1n) is 6.74. The van der Waals surface area contributed by atoms with Crippen molar-refractivity contribution in [1.29, 1.82) is 0 Å². The van der Waals surface area contributed by atoms with E-state index in [9.17, 15) is 10.1 Å². The molecule has 0 bridgehead atoms. The van der Waals surface area contributed by atoms with Crippen molar-refractivity contribution in [3.63, 3.8) is 0 Å². The molecule has 9 heteroatoms. The minimum atomic E-state index is -0.508. The summed E-state index contributed by atoms with van der Waals surface area (Å²) in [5, 5.41) is 18.5. The monoisotopic (exact) mass is 369 g/mol. The molecule has 0 spiro atoms. The number of nitro benzene ring substituents is 1. The third kappa shape index (κ3) is 3.48. The van der Waals surface area contributed by atoms with Crippen LogP contribution < -0.4 is 5.73 Å². The summed E-state index contributed by atoms with van der Waals surface area (Å²) < 4.78 is 0. The number of fused-ring (bicyclic) bond motifs is 1. The lowest BCUT2D eigenvalue weighted by molar-refractivity contribution is -0.382. The van der Waals surface area contributed by atoms with Crippen LogP contribution in [0.4, 0.5) is 5.69 Å². The van der Waals surface area contributed by atoms with E-state index in [2.05, 4.69) is 15.2 Å². The topological polar surface area (TPSA) is 111 Å². The van der Waals surface area contributed by atoms with Gasteiger partial charge in [-0.2, -0.15) is 5.10 Å². The fourth-order valence-electron chi connectivity index (χ4n) is 2.34. The van der Waals surface area contributed by atoms with Crippen molar-refractivity contribution in [2.75, 3.05) is 0 Å². The van der Waals surface area contributed by atoms with Gasteiger partial charge >= 0.3 is 0 Å². The lowest BCUT2D eigenvalue weighted by Gasteiger charge is -2.18. The van der Waals surface area contributed by atoms with Crippen molar-refractivity contribution in [2.24, 2.45) is 5.73 Å². The maximum absolute atomic E-state index is 11.4. The number of nitrogens with zero attached hydrogens (tertiary/aromatic N) is 3. The third-order valence-electron chi connectivity index (χ3n) is 3.56. The van der Waals surface area contributed by atoms with Gasteiger partial charge in [0.1, 0.15) is 0 Å². The molecule has 2 heterocycles. The molecule has 128 valence electrons. The first-order valence-corrected chi connectivity index (χ1v) is 6.74. The number of benzene rings is 1. The van der Waals surface area contributed by atoms with E-state index in [1.807, 2.05) is 19.9 Å². The van der Waals surface area contributed by atoms with Gasteiger partial charge in [-0.1, -0.05) is 6.07 Å². The van der Waals surface area contributed by atoms with E-state index in [1.165, 1.54) is 6.20 Å². The molecule has 3 rings (SSSR count). The minimum absolute atomic E-state index is 0. The van der Waals surface area contributed by atoms with Crippen molar-refractivity contribution in [3.05, 3.63) is 52.3 Å². The molecule has 0 saturated heterocycles. The fraction of sp³-hybridized carbons (Fsp3) is 0.200. The zero-order valence-corrected chi connectivity index (χ0v) is 14.6. The Kier molecular flexibility index (Phi) is 5.89. The first kappa shape index (κ1) is 19.8. The van der Waals surface area contributed by atoms with Crippen LogP contribution in [0.25, 0.3) is 22.2 Å². The number of aromatic amines is 1. The van der Waals surface area contributed by atoms with E-state index in [-0.39, 0.29) is 30.5 Å². The predicted octanol–water partition coefficient (Wildman–Crippen LogP) is 3.57. The van der Waals surface area contributed by atoms with Gasteiger partial charge < -0.3 is 5.73 Å². The van der Waals surface area contributed by atoms with Crippen LogP contribution in [-0.4, -0.2) is 20.1 Å². The Hall–Kier alpha value is -2.22. The van der Waals surface area contributed by atoms with Crippen LogP contribution in [0, 0.1) is 10.1 Å². The number of nitrogens with two attached hydrogens (primary N) is 1. The number of H-pyrrole nitrogens is 1. The number of nitro groups is 1. The normalized spacial score (nSPS) is 10.8. The molecular weight excluding hydrogens is 353 g/mol. The van der Waals surface area contributed by atoms with Crippen molar-refractivity contribution in [3.8, 4) is 11.3 Å². The molecule has 1 aromatic carbocycles. The quantitative estimate of drug-likeness (QED) is 0.541. The highest BCUT2D eigenvalue weighted by Gasteiger charge is 2.22. The number of halogens is 2. The first-order chi connectivity index (χ1) is 10.4. The lowest BCUT2D eigenvalue weighted by atomic mass is 9.96. The predicted molar refractivity (Wildman–Crippen MR) is 97.7 cm³/mol. The molecule has 0 radical (unpaired) electrons. The largest absolute Gasteiger partial charge is 0.322 e. The van der Waals surface area contributed by atoms with Crippen LogP contribution in [0.1, 0.15) is 19.4 Å². The maximum atomic E-state index is 11.4. The van der Waals surface area contributed by atoms with Gasteiger partial charge in [0.2, 0.25) is 0 Å². The fourth-order valence-corrected chi connectivity index (χ4v) is 2.34. The Balaban J connectivity index is 0.00000144. The molecule has 0 unspecified atom stereocenters. The second-order valence-electron chi connectivity index (χ2n) is 5.70. The molecule has 3 aromatic rings. The van der Waals surface area contributed by atoms with E-state index in [4.69, 9.17) is 5.73 Å². The summed E-state index contributed by atoms with van der Waals surface area (Å²) >= 11 is 0. The highest BCUT2D eigenvalue weighted by atomic mass is 35.5. The van der Waals surface area contributed by atoms with Gasteiger partial charge in [-0.05, 0) is 37.6 Å². The Morgan fingerprint density at radius 2 is 1.88 bits per heavy atom. The maximum Gasteiger partial charge on any atom is 0.289 e. The molecule has 0 aliphatic heterocycles. The number of hydrogen-bond donors (Lipinski definition) is 2. The zero-order chi connectivity index (χ0) is 15.9. The van der Waals surface area contributed by atoms with Gasteiger partial charge in [0.15, 0.2) is 0 Å². The van der Waals surface area contributed by atoms with Gasteiger partial charge in [0.25, 0.3) is 5.69 Å². The second kappa shape index (κ2) is 7.12. The van der Waals surface area contributed by atoms with Gasteiger partial charge in [-0.3, -0.25) is 20.2 Å². The van der Waals surface area contributed by atoms with Crippen molar-refractivity contribution in [2.45, 2.75) is 19.4 Å². The SMILES string of the molecule is CC(C)(N)c1ccc(-c2ccc3[nH]ncc3c2[N+](=O)[O-])nc1.Cl.Cl. The highest BCUT2D eigenvalue weighted by Crippen LogP contribution is 2.35. The molecular formula is C15H17Cl2N5O2. The molecule has 0 atom stereocenters. The molecule has 0 aliphatic rings. The average molecular weight is 370 g/mol. The van der Waals surface area contributed by atoms with Crippen molar-refractivity contribution < 1.29 is 4.92 Å². The van der Waals surface area contributed by atoms with Crippen LogP contribution in [-0.2, 0) is 5.54 Å². The number of pyridine rings is 1. The smallest absolute Gasteiger partial charge is 0.289 e. The van der Waals surface area contributed by atoms with Crippen LogP contribution in [0.2, 0.25) is 0 Å². The number of rotatable bonds is 3. The molecule has 2 aromatic heterocycles. The zero-order valence-electron chi connectivity index (χ0n) is 13.0. The Bertz CT molecular complexity index is 856. The molecule has 0 amide bonds. The van der Waals surface area contributed by atoms with Crippen molar-refractivity contribution >= 4 is 41.4 Å². The molecule has 0 saturated carbocycles. The van der Waals surface area contributed by atoms with Crippen LogP contribution in [0.5, 0.6) is 0 Å². The number of aromatic nitrogens is 3.